The minimum Gasteiger partial charge on any atom is -0.385 e. The fourth-order valence-corrected chi connectivity index (χ4v) is 2.89. The first-order valence-corrected chi connectivity index (χ1v) is 7.28. The van der Waals surface area contributed by atoms with Gasteiger partial charge in [0.2, 0.25) is 0 Å². The summed E-state index contributed by atoms with van der Waals surface area (Å²) in [7, 11) is 0. The van der Waals surface area contributed by atoms with Gasteiger partial charge in [0.05, 0.1) is 23.8 Å². The van der Waals surface area contributed by atoms with E-state index < -0.39 is 5.60 Å². The highest BCUT2D eigenvalue weighted by atomic mass is 16.5. The summed E-state index contributed by atoms with van der Waals surface area (Å²) in [5.74, 6) is 0.412. The average Bonchev–Trinajstić information content (AvgIpc) is 2.47. The summed E-state index contributed by atoms with van der Waals surface area (Å²) in [6.45, 7) is 4.87. The molecule has 1 aromatic carbocycles. The second kappa shape index (κ2) is 5.15. The summed E-state index contributed by atoms with van der Waals surface area (Å²) in [6.07, 6.45) is 3.20. The molecule has 1 aliphatic heterocycles. The number of hydrogen-bond donors (Lipinski definition) is 1. The molecule has 0 aliphatic carbocycles. The molecule has 1 saturated heterocycles. The summed E-state index contributed by atoms with van der Waals surface area (Å²) in [5.41, 5.74) is 1.06. The van der Waals surface area contributed by atoms with Crippen LogP contribution in [0.5, 0.6) is 0 Å². The minimum absolute atomic E-state index is 0.111. The molecule has 2 unspecified atom stereocenters. The van der Waals surface area contributed by atoms with Crippen LogP contribution in [0.4, 0.5) is 0 Å². The van der Waals surface area contributed by atoms with Crippen LogP contribution in [0.25, 0.3) is 10.9 Å². The minimum atomic E-state index is -0.815. The van der Waals surface area contributed by atoms with Gasteiger partial charge in [-0.05, 0) is 18.1 Å². The van der Waals surface area contributed by atoms with Crippen molar-refractivity contribution in [2.45, 2.75) is 38.4 Å². The first-order chi connectivity index (χ1) is 9.58. The predicted molar refractivity (Wildman–Crippen MR) is 79.5 cm³/mol. The largest absolute Gasteiger partial charge is 0.385 e. The maximum Gasteiger partial charge on any atom is 0.0958 e. The molecule has 0 saturated carbocycles. The van der Waals surface area contributed by atoms with E-state index >= 15 is 0 Å². The standard InChI is InChI=1S/C17H21NO2/c1-12(2)16-10-17(19,7-8-20-16)14-9-13-5-3-4-6-15(13)18-11-14/h3-6,9,11-12,16,19H,7-8,10H2,1-2H3. The lowest BCUT2D eigenvalue weighted by molar-refractivity contribution is -0.121. The van der Waals surface area contributed by atoms with E-state index in [9.17, 15) is 5.11 Å². The lowest BCUT2D eigenvalue weighted by Crippen LogP contribution is -2.40. The zero-order chi connectivity index (χ0) is 14.2. The topological polar surface area (TPSA) is 42.4 Å². The van der Waals surface area contributed by atoms with Crippen molar-refractivity contribution in [1.82, 2.24) is 4.98 Å². The fourth-order valence-electron chi connectivity index (χ4n) is 2.89. The molecule has 3 rings (SSSR count). The Hall–Kier alpha value is -1.45. The van der Waals surface area contributed by atoms with Gasteiger partial charge >= 0.3 is 0 Å². The van der Waals surface area contributed by atoms with E-state index in [1.165, 1.54) is 0 Å². The fraction of sp³-hybridized carbons (Fsp3) is 0.471. The van der Waals surface area contributed by atoms with Crippen molar-refractivity contribution in [3.8, 4) is 0 Å². The van der Waals surface area contributed by atoms with Crippen molar-refractivity contribution in [2.24, 2.45) is 5.92 Å². The number of para-hydroxylation sites is 1. The molecule has 0 spiro atoms. The summed E-state index contributed by atoms with van der Waals surface area (Å²) >= 11 is 0. The SMILES string of the molecule is CC(C)C1CC(O)(c2cnc3ccccc3c2)CCO1. The van der Waals surface area contributed by atoms with Crippen LogP contribution in [0.1, 0.15) is 32.3 Å². The third kappa shape index (κ3) is 2.43. The molecular formula is C17H21NO2. The van der Waals surface area contributed by atoms with Crippen molar-refractivity contribution in [3.63, 3.8) is 0 Å². The molecule has 1 N–H and O–H groups in total. The Labute approximate surface area is 119 Å². The lowest BCUT2D eigenvalue weighted by Gasteiger charge is -2.38. The molecule has 2 heterocycles. The Morgan fingerprint density at radius 3 is 2.95 bits per heavy atom. The molecule has 2 aromatic rings. The summed E-state index contributed by atoms with van der Waals surface area (Å²) in [4.78, 5) is 4.47. The first-order valence-electron chi connectivity index (χ1n) is 7.28. The van der Waals surface area contributed by atoms with Gasteiger partial charge in [0, 0.05) is 30.0 Å². The van der Waals surface area contributed by atoms with Crippen molar-refractivity contribution in [1.29, 1.82) is 0 Å². The highest BCUT2D eigenvalue weighted by molar-refractivity contribution is 5.78. The number of pyridine rings is 1. The smallest absolute Gasteiger partial charge is 0.0958 e. The second-order valence-electron chi connectivity index (χ2n) is 6.06. The molecule has 2 atom stereocenters. The maximum atomic E-state index is 11.0. The van der Waals surface area contributed by atoms with Crippen molar-refractivity contribution in [3.05, 3.63) is 42.1 Å². The van der Waals surface area contributed by atoms with Crippen LogP contribution >= 0.6 is 0 Å². The second-order valence-corrected chi connectivity index (χ2v) is 6.06. The van der Waals surface area contributed by atoms with E-state index in [-0.39, 0.29) is 6.10 Å². The number of hydrogen-bond acceptors (Lipinski definition) is 3. The number of rotatable bonds is 2. The zero-order valence-electron chi connectivity index (χ0n) is 12.0. The van der Waals surface area contributed by atoms with Gasteiger partial charge in [-0.25, -0.2) is 0 Å². The number of ether oxygens (including phenoxy) is 1. The van der Waals surface area contributed by atoms with Crippen LogP contribution < -0.4 is 0 Å². The Bertz CT molecular complexity index is 611. The molecule has 3 heteroatoms. The third-order valence-corrected chi connectivity index (χ3v) is 4.26. The van der Waals surface area contributed by atoms with Gasteiger partial charge in [-0.3, -0.25) is 4.98 Å². The van der Waals surface area contributed by atoms with Crippen molar-refractivity contribution in [2.75, 3.05) is 6.61 Å². The number of fused-ring (bicyclic) bond motifs is 1. The number of benzene rings is 1. The molecule has 0 amide bonds. The zero-order valence-corrected chi connectivity index (χ0v) is 12.0. The summed E-state index contributed by atoms with van der Waals surface area (Å²) < 4.78 is 5.76. The van der Waals surface area contributed by atoms with E-state index in [0.717, 1.165) is 16.5 Å². The Balaban J connectivity index is 1.96. The molecule has 106 valence electrons. The molecule has 1 fully saturated rings. The normalized spacial score (nSPS) is 27.1. The van der Waals surface area contributed by atoms with Crippen LogP contribution in [0, 0.1) is 5.92 Å². The monoisotopic (exact) mass is 271 g/mol. The molecule has 1 aromatic heterocycles. The molecular weight excluding hydrogens is 250 g/mol. The van der Waals surface area contributed by atoms with Gasteiger partial charge in [-0.15, -0.1) is 0 Å². The van der Waals surface area contributed by atoms with Crippen molar-refractivity contribution >= 4 is 10.9 Å². The van der Waals surface area contributed by atoms with Gasteiger partial charge in [0.15, 0.2) is 0 Å². The summed E-state index contributed by atoms with van der Waals surface area (Å²) in [6, 6.07) is 10.1. The van der Waals surface area contributed by atoms with Gasteiger partial charge in [0.25, 0.3) is 0 Å². The average molecular weight is 271 g/mol. The van der Waals surface area contributed by atoms with Crippen LogP contribution in [0.2, 0.25) is 0 Å². The Kier molecular flexibility index (Phi) is 3.48. The first kappa shape index (κ1) is 13.5. The van der Waals surface area contributed by atoms with Crippen molar-refractivity contribution < 1.29 is 9.84 Å². The van der Waals surface area contributed by atoms with Crippen LogP contribution in [0.15, 0.2) is 36.5 Å². The van der Waals surface area contributed by atoms with E-state index in [0.29, 0.717) is 25.4 Å². The van der Waals surface area contributed by atoms with E-state index in [2.05, 4.69) is 24.9 Å². The number of nitrogens with zero attached hydrogens (tertiary/aromatic N) is 1. The van der Waals surface area contributed by atoms with Crippen LogP contribution in [-0.4, -0.2) is 22.8 Å². The summed E-state index contributed by atoms with van der Waals surface area (Å²) in [5, 5.41) is 12.1. The van der Waals surface area contributed by atoms with Crippen LogP contribution in [0.3, 0.4) is 0 Å². The molecule has 3 nitrogen and oxygen atoms in total. The van der Waals surface area contributed by atoms with E-state index in [1.807, 2.05) is 30.5 Å². The lowest BCUT2D eigenvalue weighted by atomic mass is 9.81. The van der Waals surface area contributed by atoms with Gasteiger partial charge in [-0.2, -0.15) is 0 Å². The molecule has 0 radical (unpaired) electrons. The Morgan fingerprint density at radius 1 is 1.35 bits per heavy atom. The number of aromatic nitrogens is 1. The molecule has 0 bridgehead atoms. The van der Waals surface area contributed by atoms with E-state index in [4.69, 9.17) is 4.74 Å². The van der Waals surface area contributed by atoms with Crippen LogP contribution in [-0.2, 0) is 10.3 Å². The number of aliphatic hydroxyl groups is 1. The Morgan fingerprint density at radius 2 is 2.15 bits per heavy atom. The molecule has 20 heavy (non-hydrogen) atoms. The highest BCUT2D eigenvalue weighted by Gasteiger charge is 2.38. The predicted octanol–water partition coefficient (Wildman–Crippen LogP) is 3.26. The van der Waals surface area contributed by atoms with Gasteiger partial charge in [-0.1, -0.05) is 32.0 Å². The highest BCUT2D eigenvalue weighted by Crippen LogP contribution is 2.37. The molecule has 1 aliphatic rings. The van der Waals surface area contributed by atoms with E-state index in [1.54, 1.807) is 0 Å². The van der Waals surface area contributed by atoms with Gasteiger partial charge < -0.3 is 9.84 Å². The third-order valence-electron chi connectivity index (χ3n) is 4.26. The van der Waals surface area contributed by atoms with Gasteiger partial charge in [0.1, 0.15) is 0 Å². The maximum absolute atomic E-state index is 11.0. The quantitative estimate of drug-likeness (QED) is 0.911.